The third kappa shape index (κ3) is 5.68. The second-order valence-corrected chi connectivity index (χ2v) is 8.34. The molecule has 0 aliphatic carbocycles. The molecule has 0 saturated carbocycles. The second kappa shape index (κ2) is 10.0. The molecule has 0 rings (SSSR count). The number of halogens is 17. The van der Waals surface area contributed by atoms with E-state index in [9.17, 15) is 84.2 Å². The second-order valence-electron chi connectivity index (χ2n) is 8.34. The van der Waals surface area contributed by atoms with Gasteiger partial charge in [-0.2, -0.15) is 74.6 Å². The zero-order valence-corrected chi connectivity index (χ0v) is 18.5. The van der Waals surface area contributed by atoms with Gasteiger partial charge in [-0.3, -0.25) is 4.79 Å². The first-order valence-electron chi connectivity index (χ1n) is 9.33. The molecule has 0 spiro atoms. The number of aliphatic carboxylic acids is 1. The largest absolute Gasteiger partial charge is 0.477 e. The van der Waals surface area contributed by atoms with E-state index >= 15 is 0 Å². The quantitative estimate of drug-likeness (QED) is 0.182. The number of hydrogen-bond acceptors (Lipinski definition) is 2. The van der Waals surface area contributed by atoms with Gasteiger partial charge >= 0.3 is 53.6 Å². The van der Waals surface area contributed by atoms with Crippen LogP contribution >= 0.6 is 0 Å². The summed E-state index contributed by atoms with van der Waals surface area (Å²) in [6, 6.07) is 0. The Morgan fingerprint density at radius 1 is 0.632 bits per heavy atom. The van der Waals surface area contributed by atoms with Gasteiger partial charge in [0.1, 0.15) is 0 Å². The fraction of sp³-hybridized carbons (Fsp3) is 0.875. The first-order valence-corrected chi connectivity index (χ1v) is 9.33. The van der Waals surface area contributed by atoms with Gasteiger partial charge in [0.05, 0.1) is 20.6 Å². The van der Waals surface area contributed by atoms with Gasteiger partial charge in [0, 0.05) is 13.0 Å². The number of amides is 1. The number of likely N-dealkylation sites (N-methyl/N-ethyl adjacent to an activating group) is 1. The van der Waals surface area contributed by atoms with Crippen molar-refractivity contribution in [2.24, 2.45) is 0 Å². The van der Waals surface area contributed by atoms with Crippen molar-refractivity contribution in [1.29, 1.82) is 0 Å². The van der Waals surface area contributed by atoms with Crippen LogP contribution in [0.4, 0.5) is 74.6 Å². The van der Waals surface area contributed by atoms with Crippen LogP contribution in [0, 0.1) is 0 Å². The summed E-state index contributed by atoms with van der Waals surface area (Å²) in [5, 5.41) is 9.41. The van der Waals surface area contributed by atoms with Crippen molar-refractivity contribution in [3.63, 3.8) is 0 Å². The highest BCUT2D eigenvalue weighted by atomic mass is 19.4. The van der Waals surface area contributed by atoms with E-state index in [2.05, 4.69) is 0 Å². The lowest BCUT2D eigenvalue weighted by atomic mass is 9.89. The number of carbonyl (C=O) groups is 2. The molecular weight excluding hydrogens is 591 g/mol. The SMILES string of the molecule is C[N+](C)(CCCNC(=O)C(F)(F)C(F)(F)C(F)(F)C(F)(F)C(F)(F)C(F)(F)C(F)(F)C(F)(F)F)CC(=O)O. The van der Waals surface area contributed by atoms with E-state index in [1.807, 2.05) is 0 Å². The standard InChI is InChI=1S/C16H15F17N2O3/c1-35(2,6-7(36)37)5-3-4-34-8(38)9(17,18)10(19,20)11(21,22)12(23,24)13(25,26)14(27,28)15(29,30)16(31,32)33/h3-6H2,1-2H3,(H-,34,36,37,38)/p+1. The van der Waals surface area contributed by atoms with Crippen LogP contribution in [-0.4, -0.2) is 103 Å². The third-order valence-corrected chi connectivity index (χ3v) is 4.80. The van der Waals surface area contributed by atoms with Crippen molar-refractivity contribution >= 4 is 11.9 Å². The van der Waals surface area contributed by atoms with E-state index in [4.69, 9.17) is 5.11 Å². The van der Waals surface area contributed by atoms with Gasteiger partial charge in [-0.25, -0.2) is 4.79 Å². The number of nitrogens with one attached hydrogen (secondary N) is 1. The molecule has 0 aromatic rings. The summed E-state index contributed by atoms with van der Waals surface area (Å²) in [7, 11) is 2.42. The summed E-state index contributed by atoms with van der Waals surface area (Å²) in [5.41, 5.74) is 0. The van der Waals surface area contributed by atoms with Crippen LogP contribution in [0.25, 0.3) is 0 Å². The highest BCUT2D eigenvalue weighted by molar-refractivity contribution is 5.84. The number of carboxylic acids is 1. The minimum absolute atomic E-state index is 0.350. The van der Waals surface area contributed by atoms with Gasteiger partial charge < -0.3 is 14.9 Å². The Kier molecular flexibility index (Phi) is 9.43. The summed E-state index contributed by atoms with van der Waals surface area (Å²) in [4.78, 5) is 21.9. The Hall–Kier alpha value is -2.29. The van der Waals surface area contributed by atoms with Crippen molar-refractivity contribution in [2.45, 2.75) is 54.1 Å². The molecule has 38 heavy (non-hydrogen) atoms. The van der Waals surface area contributed by atoms with Gasteiger partial charge in [-0.1, -0.05) is 0 Å². The van der Waals surface area contributed by atoms with Crippen LogP contribution in [0.2, 0.25) is 0 Å². The molecule has 0 radical (unpaired) electrons. The number of quaternary nitrogens is 1. The average molecular weight is 607 g/mol. The van der Waals surface area contributed by atoms with Crippen LogP contribution in [0.15, 0.2) is 0 Å². The smallest absolute Gasteiger partial charge is 0.460 e. The lowest BCUT2D eigenvalue weighted by molar-refractivity contribution is -0.883. The Morgan fingerprint density at radius 2 is 0.974 bits per heavy atom. The van der Waals surface area contributed by atoms with Gasteiger partial charge in [0.2, 0.25) is 0 Å². The predicted octanol–water partition coefficient (Wildman–Crippen LogP) is 4.66. The molecule has 0 saturated heterocycles. The minimum atomic E-state index is -8.77. The van der Waals surface area contributed by atoms with Crippen molar-refractivity contribution in [3.05, 3.63) is 0 Å². The number of alkyl halides is 17. The van der Waals surface area contributed by atoms with Gasteiger partial charge in [0.25, 0.3) is 5.91 Å². The van der Waals surface area contributed by atoms with Crippen LogP contribution in [0.3, 0.4) is 0 Å². The zero-order valence-electron chi connectivity index (χ0n) is 18.5. The highest BCUT2D eigenvalue weighted by Crippen LogP contribution is 2.63. The molecule has 0 heterocycles. The maximum atomic E-state index is 13.7. The van der Waals surface area contributed by atoms with Crippen molar-refractivity contribution in [1.82, 2.24) is 5.32 Å². The van der Waals surface area contributed by atoms with Gasteiger partial charge in [-0.05, 0) is 0 Å². The molecular formula is C16H16F17N2O3+. The Bertz CT molecular complexity index is 883. The molecule has 0 aliphatic rings. The van der Waals surface area contributed by atoms with Crippen LogP contribution in [0.1, 0.15) is 6.42 Å². The van der Waals surface area contributed by atoms with E-state index in [-0.39, 0.29) is 6.54 Å². The monoisotopic (exact) mass is 607 g/mol. The number of rotatable bonds is 13. The molecule has 0 fully saturated rings. The summed E-state index contributed by atoms with van der Waals surface area (Å²) < 4.78 is 223. The number of nitrogens with zero attached hydrogens (tertiary/aromatic N) is 1. The highest BCUT2D eigenvalue weighted by Gasteiger charge is 2.95. The third-order valence-electron chi connectivity index (χ3n) is 4.80. The van der Waals surface area contributed by atoms with Crippen molar-refractivity contribution in [3.8, 4) is 0 Å². The van der Waals surface area contributed by atoms with E-state index in [0.717, 1.165) is 5.32 Å². The first-order chi connectivity index (χ1) is 16.3. The van der Waals surface area contributed by atoms with Crippen LogP contribution in [-0.2, 0) is 9.59 Å². The lowest BCUT2D eigenvalue weighted by Gasteiger charge is -2.42. The summed E-state index contributed by atoms with van der Waals surface area (Å²) in [6.45, 7) is -2.17. The molecule has 22 heteroatoms. The minimum Gasteiger partial charge on any atom is -0.477 e. The molecule has 0 aromatic carbocycles. The van der Waals surface area contributed by atoms with Crippen LogP contribution < -0.4 is 5.32 Å². The van der Waals surface area contributed by atoms with E-state index < -0.39 is 83.5 Å². The number of carbonyl (C=O) groups excluding carboxylic acids is 1. The maximum Gasteiger partial charge on any atom is 0.460 e. The number of hydrogen-bond donors (Lipinski definition) is 2. The molecule has 0 aromatic heterocycles. The zero-order chi connectivity index (χ0) is 31.2. The molecule has 226 valence electrons. The lowest BCUT2D eigenvalue weighted by Crippen LogP contribution is -2.75. The van der Waals surface area contributed by atoms with Gasteiger partial charge in [-0.15, -0.1) is 0 Å². The molecule has 0 atom stereocenters. The van der Waals surface area contributed by atoms with E-state index in [1.54, 1.807) is 0 Å². The summed E-state index contributed by atoms with van der Waals surface area (Å²) in [6.07, 6.45) is -8.44. The fourth-order valence-electron chi connectivity index (χ4n) is 2.57. The predicted molar refractivity (Wildman–Crippen MR) is 87.8 cm³/mol. The molecule has 5 nitrogen and oxygen atoms in total. The Balaban J connectivity index is 6.15. The fourth-order valence-corrected chi connectivity index (χ4v) is 2.57. The van der Waals surface area contributed by atoms with Crippen molar-refractivity contribution in [2.75, 3.05) is 33.7 Å². The average Bonchev–Trinajstić information content (AvgIpc) is 2.68. The van der Waals surface area contributed by atoms with E-state index in [1.165, 1.54) is 14.1 Å². The molecule has 0 aliphatic heterocycles. The molecule has 0 bridgehead atoms. The first kappa shape index (κ1) is 35.7. The van der Waals surface area contributed by atoms with Gasteiger partial charge in [0.15, 0.2) is 6.54 Å². The van der Waals surface area contributed by atoms with E-state index in [0.29, 0.717) is 0 Å². The normalized spacial score (nSPS) is 15.4. The maximum absolute atomic E-state index is 13.7. The summed E-state index contributed by atoms with van der Waals surface area (Å²) >= 11 is 0. The Labute approximate surface area is 200 Å². The topological polar surface area (TPSA) is 66.4 Å². The Morgan fingerprint density at radius 3 is 1.32 bits per heavy atom. The molecule has 1 amide bonds. The van der Waals surface area contributed by atoms with Crippen LogP contribution in [0.5, 0.6) is 0 Å². The number of carboxylic acid groups (broad SMARTS) is 1. The molecule has 2 N–H and O–H groups in total. The van der Waals surface area contributed by atoms with Crippen molar-refractivity contribution < 1.29 is 93.8 Å². The summed E-state index contributed by atoms with van der Waals surface area (Å²) in [5.74, 6) is -63.2. The molecule has 0 unspecified atom stereocenters.